The smallest absolute Gasteiger partial charge is 0.122 e. The van der Waals surface area contributed by atoms with Gasteiger partial charge in [-0.1, -0.05) is 51.9 Å². The molecule has 0 bridgehead atoms. The fraction of sp³-hybridized carbons (Fsp3) is 0.560. The Kier molecular flexibility index (Phi) is 8.36. The number of rotatable bonds is 13. The summed E-state index contributed by atoms with van der Waals surface area (Å²) in [4.78, 5) is 8.51. The van der Waals surface area contributed by atoms with Gasteiger partial charge in [-0.25, -0.2) is 4.99 Å². The fourth-order valence-corrected chi connectivity index (χ4v) is 4.03. The zero-order valence-electron chi connectivity index (χ0n) is 18.4. The minimum atomic E-state index is -0.0838. The van der Waals surface area contributed by atoms with Gasteiger partial charge < -0.3 is 14.3 Å². The zero-order valence-corrected chi connectivity index (χ0v) is 18.4. The first-order valence-corrected chi connectivity index (χ1v) is 11.4. The van der Waals surface area contributed by atoms with Gasteiger partial charge in [-0.15, -0.1) is 0 Å². The summed E-state index contributed by atoms with van der Waals surface area (Å²) in [6, 6.07) is 8.52. The standard InChI is InChI=1S/C25H37N3O/c1-4-6-7-8-9-10-11-12-14-20-16-17-21(26-20)25-24(29-5-2)19-22(27-25)23-15-13-18-28(23)3/h13,15-19,24,26H,4-12,14H2,1-3H3. The largest absolute Gasteiger partial charge is 0.368 e. The molecule has 158 valence electrons. The quantitative estimate of drug-likeness (QED) is 0.398. The summed E-state index contributed by atoms with van der Waals surface area (Å²) in [6.07, 6.45) is 16.0. The number of aromatic nitrogens is 2. The number of aromatic amines is 1. The molecule has 0 amide bonds. The molecular weight excluding hydrogens is 358 g/mol. The second kappa shape index (κ2) is 11.2. The van der Waals surface area contributed by atoms with E-state index >= 15 is 0 Å². The molecule has 0 saturated carbocycles. The minimum absolute atomic E-state index is 0.0838. The highest BCUT2D eigenvalue weighted by Crippen LogP contribution is 2.27. The van der Waals surface area contributed by atoms with Gasteiger partial charge in [0.25, 0.3) is 0 Å². The van der Waals surface area contributed by atoms with Crippen LogP contribution in [-0.2, 0) is 18.2 Å². The SMILES string of the molecule is CCCCCCCCCCc1ccc(C2=NC(c3cccn3C)=CC2OCC)[nH]1. The average Bonchev–Trinajstić information content (AvgIpc) is 3.44. The van der Waals surface area contributed by atoms with E-state index in [0.29, 0.717) is 6.61 Å². The Balaban J connectivity index is 1.54. The first-order chi connectivity index (χ1) is 14.2. The monoisotopic (exact) mass is 395 g/mol. The summed E-state index contributed by atoms with van der Waals surface area (Å²) in [5.41, 5.74) is 5.49. The molecule has 29 heavy (non-hydrogen) atoms. The van der Waals surface area contributed by atoms with E-state index in [9.17, 15) is 0 Å². The third-order valence-electron chi connectivity index (χ3n) is 5.69. The second-order valence-corrected chi connectivity index (χ2v) is 8.05. The van der Waals surface area contributed by atoms with Crippen molar-refractivity contribution in [2.45, 2.75) is 77.7 Å². The van der Waals surface area contributed by atoms with Crippen molar-refractivity contribution in [1.82, 2.24) is 9.55 Å². The van der Waals surface area contributed by atoms with E-state index in [0.717, 1.165) is 29.2 Å². The third kappa shape index (κ3) is 5.96. The van der Waals surface area contributed by atoms with Crippen LogP contribution in [0.3, 0.4) is 0 Å². The summed E-state index contributed by atoms with van der Waals surface area (Å²) in [5, 5.41) is 0. The normalized spacial score (nSPS) is 16.3. The first kappa shape index (κ1) is 21.6. The molecule has 3 rings (SSSR count). The fourth-order valence-electron chi connectivity index (χ4n) is 4.03. The predicted octanol–water partition coefficient (Wildman–Crippen LogP) is 6.29. The van der Waals surface area contributed by atoms with Crippen LogP contribution in [0, 0.1) is 0 Å². The molecular formula is C25H37N3O. The number of ether oxygens (including phenoxy) is 1. The van der Waals surface area contributed by atoms with Crippen molar-refractivity contribution in [3.63, 3.8) is 0 Å². The number of nitrogens with one attached hydrogen (secondary N) is 1. The van der Waals surface area contributed by atoms with Gasteiger partial charge in [-0.3, -0.25) is 0 Å². The molecule has 1 atom stereocenters. The van der Waals surface area contributed by atoms with Crippen molar-refractivity contribution in [3.05, 3.63) is 53.6 Å². The molecule has 0 spiro atoms. The van der Waals surface area contributed by atoms with Crippen LogP contribution < -0.4 is 0 Å². The van der Waals surface area contributed by atoms with Crippen molar-refractivity contribution in [2.75, 3.05) is 6.61 Å². The van der Waals surface area contributed by atoms with E-state index in [4.69, 9.17) is 9.73 Å². The van der Waals surface area contributed by atoms with Crippen molar-refractivity contribution in [3.8, 4) is 0 Å². The number of H-pyrrole nitrogens is 1. The predicted molar refractivity (Wildman–Crippen MR) is 122 cm³/mol. The van der Waals surface area contributed by atoms with Gasteiger partial charge in [-0.05, 0) is 50.1 Å². The number of unbranched alkanes of at least 4 members (excludes halogenated alkanes) is 7. The topological polar surface area (TPSA) is 42.3 Å². The van der Waals surface area contributed by atoms with Crippen LogP contribution in [0.1, 0.15) is 82.3 Å². The molecule has 1 aliphatic heterocycles. The lowest BCUT2D eigenvalue weighted by molar-refractivity contribution is 0.142. The Morgan fingerprint density at radius 3 is 2.45 bits per heavy atom. The van der Waals surface area contributed by atoms with E-state index in [1.54, 1.807) is 0 Å². The first-order valence-electron chi connectivity index (χ1n) is 11.4. The highest BCUT2D eigenvalue weighted by Gasteiger charge is 2.25. The maximum Gasteiger partial charge on any atom is 0.122 e. The second-order valence-electron chi connectivity index (χ2n) is 8.05. The maximum atomic E-state index is 5.96. The molecule has 1 aliphatic rings. The summed E-state index contributed by atoms with van der Waals surface area (Å²) >= 11 is 0. The van der Waals surface area contributed by atoms with E-state index in [1.807, 2.05) is 6.92 Å². The zero-order chi connectivity index (χ0) is 20.5. The molecule has 1 N–H and O–H groups in total. The lowest BCUT2D eigenvalue weighted by Crippen LogP contribution is -2.20. The highest BCUT2D eigenvalue weighted by atomic mass is 16.5. The number of nitrogens with zero attached hydrogens (tertiary/aromatic N) is 2. The lowest BCUT2D eigenvalue weighted by Gasteiger charge is -2.10. The minimum Gasteiger partial charge on any atom is -0.368 e. The molecule has 0 fully saturated rings. The Labute approximate surface area is 176 Å². The Morgan fingerprint density at radius 1 is 1.00 bits per heavy atom. The summed E-state index contributed by atoms with van der Waals surface area (Å²) in [5.74, 6) is 0. The van der Waals surface area contributed by atoms with Crippen LogP contribution in [-0.4, -0.2) is 28.0 Å². The summed E-state index contributed by atoms with van der Waals surface area (Å²) in [7, 11) is 2.05. The molecule has 0 aliphatic carbocycles. The van der Waals surface area contributed by atoms with Gasteiger partial charge in [-0.2, -0.15) is 0 Å². The van der Waals surface area contributed by atoms with Crippen LogP contribution in [0.2, 0.25) is 0 Å². The van der Waals surface area contributed by atoms with Gasteiger partial charge in [0.2, 0.25) is 0 Å². The van der Waals surface area contributed by atoms with Crippen molar-refractivity contribution < 1.29 is 4.74 Å². The van der Waals surface area contributed by atoms with Gasteiger partial charge in [0.1, 0.15) is 6.10 Å². The van der Waals surface area contributed by atoms with Crippen LogP contribution in [0.25, 0.3) is 5.70 Å². The van der Waals surface area contributed by atoms with Crippen molar-refractivity contribution in [1.29, 1.82) is 0 Å². The van der Waals surface area contributed by atoms with Gasteiger partial charge >= 0.3 is 0 Å². The van der Waals surface area contributed by atoms with Gasteiger partial charge in [0.05, 0.1) is 22.8 Å². The van der Waals surface area contributed by atoms with E-state index < -0.39 is 0 Å². The molecule has 2 aromatic rings. The van der Waals surface area contributed by atoms with E-state index in [-0.39, 0.29) is 6.10 Å². The van der Waals surface area contributed by atoms with Crippen LogP contribution >= 0.6 is 0 Å². The molecule has 0 aromatic carbocycles. The Hall–Kier alpha value is -2.07. The Bertz CT molecular complexity index is 812. The van der Waals surface area contributed by atoms with Crippen LogP contribution in [0.15, 0.2) is 41.5 Å². The summed E-state index contributed by atoms with van der Waals surface area (Å²) < 4.78 is 8.07. The van der Waals surface area contributed by atoms with Gasteiger partial charge in [0, 0.05) is 25.5 Å². The molecule has 0 radical (unpaired) electrons. The van der Waals surface area contributed by atoms with Crippen molar-refractivity contribution >= 4 is 11.4 Å². The molecule has 2 aromatic heterocycles. The molecule has 0 saturated heterocycles. The Morgan fingerprint density at radius 2 is 1.76 bits per heavy atom. The van der Waals surface area contributed by atoms with E-state index in [1.165, 1.54) is 57.1 Å². The van der Waals surface area contributed by atoms with Gasteiger partial charge in [0.15, 0.2) is 0 Å². The van der Waals surface area contributed by atoms with Crippen LogP contribution in [0.4, 0.5) is 0 Å². The number of hydrogen-bond acceptors (Lipinski definition) is 2. The number of hydrogen-bond donors (Lipinski definition) is 1. The summed E-state index contributed by atoms with van der Waals surface area (Å²) in [6.45, 7) is 4.98. The van der Waals surface area contributed by atoms with E-state index in [2.05, 4.69) is 60.1 Å². The van der Waals surface area contributed by atoms with Crippen LogP contribution in [0.5, 0.6) is 0 Å². The lowest BCUT2D eigenvalue weighted by atomic mass is 10.1. The van der Waals surface area contributed by atoms with Crippen molar-refractivity contribution in [2.24, 2.45) is 12.0 Å². The molecule has 4 nitrogen and oxygen atoms in total. The molecule has 1 unspecified atom stereocenters. The average molecular weight is 396 g/mol. The molecule has 3 heterocycles. The third-order valence-corrected chi connectivity index (χ3v) is 5.69. The number of aryl methyl sites for hydroxylation is 2. The number of aliphatic imine (C=N–C) groups is 1. The highest BCUT2D eigenvalue weighted by molar-refractivity contribution is 6.09. The maximum absolute atomic E-state index is 5.96. The molecule has 4 heteroatoms.